The number of hydrogen-bond donors (Lipinski definition) is 9. The van der Waals surface area contributed by atoms with Crippen LogP contribution in [0.5, 0.6) is 0 Å². The molecule has 0 saturated carbocycles. The molecule has 0 spiro atoms. The van der Waals surface area contributed by atoms with Crippen molar-refractivity contribution in [1.29, 1.82) is 0 Å². The molecular weight excluding hydrogens is 979 g/mol. The summed E-state index contributed by atoms with van der Waals surface area (Å²) >= 11 is 0. The fourth-order valence-corrected chi connectivity index (χ4v) is 11.0. The molecule has 2 fully saturated rings. The van der Waals surface area contributed by atoms with Crippen molar-refractivity contribution in [3.05, 3.63) is 12.2 Å². The number of aliphatic hydroxyl groups is 8. The number of carbonyl (C=O) groups is 1. The molecule has 0 aromatic carbocycles. The van der Waals surface area contributed by atoms with Gasteiger partial charge in [-0.15, -0.1) is 0 Å². The number of nitrogens with one attached hydrogen (secondary N) is 1. The van der Waals surface area contributed by atoms with Crippen molar-refractivity contribution in [2.45, 2.75) is 364 Å². The summed E-state index contributed by atoms with van der Waals surface area (Å²) in [5.41, 5.74) is 0. The van der Waals surface area contributed by atoms with Crippen LogP contribution < -0.4 is 5.32 Å². The summed E-state index contributed by atoms with van der Waals surface area (Å²) in [6, 6.07) is -0.909. The molecule has 2 aliphatic rings. The van der Waals surface area contributed by atoms with E-state index in [2.05, 4.69) is 19.2 Å². The summed E-state index contributed by atoms with van der Waals surface area (Å²) in [4.78, 5) is 13.3. The summed E-state index contributed by atoms with van der Waals surface area (Å²) in [5, 5.41) is 87.1. The van der Waals surface area contributed by atoms with Gasteiger partial charge in [-0.25, -0.2) is 0 Å². The van der Waals surface area contributed by atoms with Crippen molar-refractivity contribution in [2.24, 2.45) is 0 Å². The third kappa shape index (κ3) is 34.7. The summed E-state index contributed by atoms with van der Waals surface area (Å²) in [5.74, 6) is -0.233. The normalized spacial score (nSPS) is 24.7. The Balaban J connectivity index is 1.66. The van der Waals surface area contributed by atoms with E-state index < -0.39 is 86.8 Å². The predicted molar refractivity (Wildman–Crippen MR) is 309 cm³/mol. The molecule has 77 heavy (non-hydrogen) atoms. The molecule has 2 saturated heterocycles. The Labute approximate surface area is 469 Å². The molecule has 0 aromatic rings. The highest BCUT2D eigenvalue weighted by Gasteiger charge is 2.51. The Bertz CT molecular complexity index is 1340. The topological polar surface area (TPSA) is 228 Å². The van der Waals surface area contributed by atoms with Gasteiger partial charge < -0.3 is 65.1 Å². The van der Waals surface area contributed by atoms with Gasteiger partial charge >= 0.3 is 0 Å². The Hall–Kier alpha value is -1.27. The molecular formula is C63H121NO13. The fourth-order valence-electron chi connectivity index (χ4n) is 11.0. The summed E-state index contributed by atoms with van der Waals surface area (Å²) in [6.07, 6.45) is 41.3. The molecule has 0 aromatic heterocycles. The van der Waals surface area contributed by atoms with Crippen LogP contribution >= 0.6 is 0 Å². The lowest BCUT2D eigenvalue weighted by molar-refractivity contribution is -0.359. The molecule has 2 rings (SSSR count). The van der Waals surface area contributed by atoms with Crippen LogP contribution in [0.15, 0.2) is 12.2 Å². The molecule has 456 valence electrons. The van der Waals surface area contributed by atoms with E-state index in [1.807, 2.05) is 6.08 Å². The highest BCUT2D eigenvalue weighted by Crippen LogP contribution is 2.30. The van der Waals surface area contributed by atoms with Gasteiger partial charge in [0.15, 0.2) is 12.6 Å². The number of hydrogen-bond acceptors (Lipinski definition) is 13. The van der Waals surface area contributed by atoms with Gasteiger partial charge in [0.2, 0.25) is 5.91 Å². The maximum atomic E-state index is 13.3. The van der Waals surface area contributed by atoms with E-state index in [1.165, 1.54) is 225 Å². The molecule has 12 atom stereocenters. The fraction of sp³-hybridized carbons (Fsp3) is 0.952. The average Bonchev–Trinajstić information content (AvgIpc) is 3.44. The number of amides is 1. The maximum Gasteiger partial charge on any atom is 0.220 e. The summed E-state index contributed by atoms with van der Waals surface area (Å²) in [6.45, 7) is 2.83. The van der Waals surface area contributed by atoms with E-state index in [1.54, 1.807) is 6.08 Å². The van der Waals surface area contributed by atoms with E-state index in [9.17, 15) is 45.6 Å². The number of unbranched alkanes of at least 4 members (excludes halogenated alkanes) is 40. The SMILES string of the molecule is CCCCCCCCCCCCCC/C=C/[C@@H](O)[C@H](CO[C@@H]1O[C@H](CO)[C@@H](O[C@@H]2O[C@H](CO)[C@H](O)C(O)C2O)C(O)C1O)NC(=O)CCCCCCCCCCCCCCCCCCCCCCCCCCCCCCC. The minimum Gasteiger partial charge on any atom is -0.394 e. The molecule has 0 bridgehead atoms. The summed E-state index contributed by atoms with van der Waals surface area (Å²) < 4.78 is 22.8. The average molecular weight is 1100 g/mol. The second-order valence-electron chi connectivity index (χ2n) is 23.3. The standard InChI is InChI=1S/C63H121NO13/c1-3-5-7-9-11-13-15-17-19-20-21-22-23-24-25-26-27-28-29-30-31-32-33-35-37-39-41-43-45-47-55(68)64-51(52(67)46-44-42-40-38-36-34-18-16-14-12-10-8-6-4-2)50-74-62-60(73)58(71)61(54(49-66)76-62)77-63-59(72)57(70)56(69)53(48-65)75-63/h44,46,51-54,56-63,65-67,69-73H,3-43,45,47-50H2,1-2H3,(H,64,68)/b46-44+/t51-,52+,53+,54+,56-,57?,58?,59?,60?,61+,62+,63-/m0/s1. The van der Waals surface area contributed by atoms with Crippen LogP contribution in [-0.4, -0.2) is 140 Å². The van der Waals surface area contributed by atoms with Gasteiger partial charge in [-0.2, -0.15) is 0 Å². The summed E-state index contributed by atoms with van der Waals surface area (Å²) in [7, 11) is 0. The number of ether oxygens (including phenoxy) is 4. The van der Waals surface area contributed by atoms with Crippen molar-refractivity contribution >= 4 is 5.91 Å². The van der Waals surface area contributed by atoms with Gasteiger partial charge in [0.05, 0.1) is 32.0 Å². The largest absolute Gasteiger partial charge is 0.394 e. The highest BCUT2D eigenvalue weighted by atomic mass is 16.7. The molecule has 2 aliphatic heterocycles. The first-order valence-electron chi connectivity index (χ1n) is 32.4. The van der Waals surface area contributed by atoms with Crippen molar-refractivity contribution in [1.82, 2.24) is 5.32 Å². The van der Waals surface area contributed by atoms with E-state index in [-0.39, 0.29) is 18.9 Å². The monoisotopic (exact) mass is 1100 g/mol. The quantitative estimate of drug-likeness (QED) is 0.0204. The van der Waals surface area contributed by atoms with Crippen LogP contribution in [-0.2, 0) is 23.7 Å². The first kappa shape index (κ1) is 71.8. The van der Waals surface area contributed by atoms with Crippen LogP contribution in [0.3, 0.4) is 0 Å². The molecule has 2 heterocycles. The lowest BCUT2D eigenvalue weighted by atomic mass is 9.97. The van der Waals surface area contributed by atoms with Crippen LogP contribution in [0.2, 0.25) is 0 Å². The van der Waals surface area contributed by atoms with Gasteiger partial charge in [0.1, 0.15) is 48.8 Å². The molecule has 0 radical (unpaired) electrons. The van der Waals surface area contributed by atoms with Gasteiger partial charge in [0.25, 0.3) is 0 Å². The lowest BCUT2D eigenvalue weighted by Crippen LogP contribution is -2.65. The second-order valence-corrected chi connectivity index (χ2v) is 23.3. The molecule has 4 unspecified atom stereocenters. The Morgan fingerprint density at radius 1 is 0.455 bits per heavy atom. The molecule has 9 N–H and O–H groups in total. The zero-order chi connectivity index (χ0) is 56.0. The third-order valence-electron chi connectivity index (χ3n) is 16.2. The van der Waals surface area contributed by atoms with E-state index in [0.29, 0.717) is 6.42 Å². The Kier molecular flexibility index (Phi) is 46.0. The van der Waals surface area contributed by atoms with Crippen molar-refractivity contribution in [3.8, 4) is 0 Å². The Morgan fingerprint density at radius 3 is 1.19 bits per heavy atom. The van der Waals surface area contributed by atoms with Gasteiger partial charge in [0, 0.05) is 6.42 Å². The maximum absolute atomic E-state index is 13.3. The smallest absolute Gasteiger partial charge is 0.220 e. The number of allylic oxidation sites excluding steroid dienone is 1. The predicted octanol–water partition coefficient (Wildman–Crippen LogP) is 11.8. The van der Waals surface area contributed by atoms with Crippen LogP contribution in [0.4, 0.5) is 0 Å². The van der Waals surface area contributed by atoms with E-state index in [0.717, 1.165) is 38.5 Å². The highest BCUT2D eigenvalue weighted by molar-refractivity contribution is 5.76. The van der Waals surface area contributed by atoms with Crippen LogP contribution in [0.25, 0.3) is 0 Å². The zero-order valence-corrected chi connectivity index (χ0v) is 49.2. The minimum absolute atomic E-state index is 0.233. The molecule has 0 aliphatic carbocycles. The lowest BCUT2D eigenvalue weighted by Gasteiger charge is -2.46. The second kappa shape index (κ2) is 49.3. The third-order valence-corrected chi connectivity index (χ3v) is 16.2. The van der Waals surface area contributed by atoms with Gasteiger partial charge in [-0.1, -0.05) is 276 Å². The minimum atomic E-state index is -1.79. The zero-order valence-electron chi connectivity index (χ0n) is 49.2. The van der Waals surface area contributed by atoms with Crippen molar-refractivity contribution in [3.63, 3.8) is 0 Å². The number of carbonyl (C=O) groups excluding carboxylic acids is 1. The van der Waals surface area contributed by atoms with Crippen LogP contribution in [0.1, 0.15) is 290 Å². The van der Waals surface area contributed by atoms with Crippen molar-refractivity contribution in [2.75, 3.05) is 19.8 Å². The molecule has 14 nitrogen and oxygen atoms in total. The van der Waals surface area contributed by atoms with E-state index >= 15 is 0 Å². The van der Waals surface area contributed by atoms with Crippen LogP contribution in [0, 0.1) is 0 Å². The Morgan fingerprint density at radius 2 is 0.805 bits per heavy atom. The first-order chi connectivity index (χ1) is 37.6. The number of rotatable bonds is 53. The number of aliphatic hydroxyl groups excluding tert-OH is 8. The molecule has 14 heteroatoms. The van der Waals surface area contributed by atoms with E-state index in [4.69, 9.17) is 18.9 Å². The van der Waals surface area contributed by atoms with Gasteiger partial charge in [-0.3, -0.25) is 4.79 Å². The van der Waals surface area contributed by atoms with Crippen molar-refractivity contribution < 1.29 is 64.6 Å². The first-order valence-corrected chi connectivity index (χ1v) is 32.4. The molecule has 1 amide bonds. The van der Waals surface area contributed by atoms with Gasteiger partial charge in [-0.05, 0) is 19.3 Å².